The average molecular weight is 544 g/mol. The molecule has 1 N–H and O–H groups in total. The number of cyclic esters (lactones) is 1. The average Bonchev–Trinajstić information content (AvgIpc) is 3.22. The van der Waals surface area contributed by atoms with E-state index in [0.717, 1.165) is 48.2 Å². The topological polar surface area (TPSA) is 46.5 Å². The Morgan fingerprint density at radius 1 is 1.05 bits per heavy atom. The molecule has 3 saturated carbocycles. The van der Waals surface area contributed by atoms with Crippen molar-refractivity contribution in [2.45, 2.75) is 90.8 Å². The molecule has 200 valence electrons. The molecule has 6 rings (SSSR count). The Bertz CT molecular complexity index is 1160. The summed E-state index contributed by atoms with van der Waals surface area (Å²) in [5, 5.41) is 11.3. The lowest BCUT2D eigenvalue weighted by molar-refractivity contribution is -0.149. The molecule has 4 aliphatic carbocycles. The van der Waals surface area contributed by atoms with Crippen molar-refractivity contribution in [2.75, 3.05) is 0 Å². The van der Waals surface area contributed by atoms with Crippen LogP contribution in [0.4, 0.5) is 0 Å². The first-order chi connectivity index (χ1) is 17.6. The van der Waals surface area contributed by atoms with Gasteiger partial charge in [0.15, 0.2) is 0 Å². The Hall–Kier alpha value is -1.29. The number of carbonyl (C=O) groups excluding carboxylic acids is 1. The zero-order valence-corrected chi connectivity index (χ0v) is 23.8. The predicted octanol–water partition coefficient (Wildman–Crippen LogP) is 8.27. The summed E-state index contributed by atoms with van der Waals surface area (Å²) in [6.07, 6.45) is 13.6. The molecule has 5 heteroatoms. The third-order valence-electron chi connectivity index (χ3n) is 11.7. The van der Waals surface area contributed by atoms with E-state index in [1.54, 1.807) is 12.1 Å². The summed E-state index contributed by atoms with van der Waals surface area (Å²) in [4.78, 5) is 12.7. The lowest BCUT2D eigenvalue weighted by Crippen LogP contribution is -2.51. The van der Waals surface area contributed by atoms with Crippen LogP contribution >= 0.6 is 23.2 Å². The number of allylic oxidation sites excluding steroid dienone is 1. The van der Waals surface area contributed by atoms with Gasteiger partial charge >= 0.3 is 5.97 Å². The fourth-order valence-corrected chi connectivity index (χ4v) is 10.1. The largest absolute Gasteiger partial charge is 0.459 e. The first-order valence-corrected chi connectivity index (χ1v) is 15.1. The van der Waals surface area contributed by atoms with Crippen molar-refractivity contribution in [3.05, 3.63) is 51.5 Å². The standard InChI is InChI=1S/C32H40Cl2O3/c1-18(28-15-19(16-29(36)37-28)22-5-4-6-27(33)30(22)34)24-9-10-25-23-8-7-20-17-21(35)11-13-31(20,2)26(23)12-14-32(24,25)3/h4-7,16,18,21,23-26,28,35H,8-15,17H2,1-3H3/t18-,21-,23-,24+,25-,26-,28+,31-,32+/m0/s1. The molecule has 3 fully saturated rings. The lowest BCUT2D eigenvalue weighted by atomic mass is 9.47. The number of benzene rings is 1. The second-order valence-electron chi connectivity index (χ2n) is 13.2. The molecule has 0 aromatic heterocycles. The molecule has 1 aromatic rings. The van der Waals surface area contributed by atoms with Crippen LogP contribution in [0.25, 0.3) is 5.57 Å². The number of carbonyl (C=O) groups is 1. The number of rotatable bonds is 3. The van der Waals surface area contributed by atoms with Crippen molar-refractivity contribution < 1.29 is 14.6 Å². The molecule has 37 heavy (non-hydrogen) atoms. The van der Waals surface area contributed by atoms with Gasteiger partial charge in [0.25, 0.3) is 0 Å². The monoisotopic (exact) mass is 542 g/mol. The summed E-state index contributed by atoms with van der Waals surface area (Å²) in [7, 11) is 0. The molecular formula is C32H40Cl2O3. The van der Waals surface area contributed by atoms with Gasteiger partial charge in [-0.2, -0.15) is 0 Å². The highest BCUT2D eigenvalue weighted by molar-refractivity contribution is 6.43. The summed E-state index contributed by atoms with van der Waals surface area (Å²) in [6.45, 7) is 7.35. The number of fused-ring (bicyclic) bond motifs is 5. The van der Waals surface area contributed by atoms with E-state index < -0.39 is 0 Å². The molecule has 0 radical (unpaired) electrons. The molecule has 1 aromatic carbocycles. The van der Waals surface area contributed by atoms with Crippen molar-refractivity contribution in [1.82, 2.24) is 0 Å². The first-order valence-electron chi connectivity index (χ1n) is 14.3. The Labute approximate surface area is 231 Å². The van der Waals surface area contributed by atoms with Gasteiger partial charge in [0.2, 0.25) is 0 Å². The molecule has 5 aliphatic rings. The highest BCUT2D eigenvalue weighted by Crippen LogP contribution is 2.67. The minimum Gasteiger partial charge on any atom is -0.459 e. The third kappa shape index (κ3) is 4.14. The second kappa shape index (κ2) is 9.42. The van der Waals surface area contributed by atoms with E-state index in [9.17, 15) is 9.90 Å². The van der Waals surface area contributed by atoms with Crippen LogP contribution in [0, 0.1) is 40.4 Å². The van der Waals surface area contributed by atoms with E-state index in [2.05, 4.69) is 26.8 Å². The fraction of sp³-hybridized carbons (Fsp3) is 0.656. The van der Waals surface area contributed by atoms with Gasteiger partial charge in [0, 0.05) is 12.5 Å². The van der Waals surface area contributed by atoms with Gasteiger partial charge in [0.1, 0.15) is 6.10 Å². The molecular weight excluding hydrogens is 503 g/mol. The predicted molar refractivity (Wildman–Crippen MR) is 149 cm³/mol. The quantitative estimate of drug-likeness (QED) is 0.308. The van der Waals surface area contributed by atoms with Gasteiger partial charge in [-0.3, -0.25) is 0 Å². The summed E-state index contributed by atoms with van der Waals surface area (Å²) in [5.74, 6) is 2.74. The summed E-state index contributed by atoms with van der Waals surface area (Å²) in [5.41, 5.74) is 3.85. The maximum atomic E-state index is 12.7. The SMILES string of the molecule is C[C@@H]([C@H]1CC[C@H]2[C@@H]3CC=C4C[C@@H](O)CC[C@]4(C)[C@H]3CC[C@]12C)[C@H]1CC(c2cccc(Cl)c2Cl)=CC(=O)O1. The van der Waals surface area contributed by atoms with Gasteiger partial charge in [-0.25, -0.2) is 4.79 Å². The van der Waals surface area contributed by atoms with Gasteiger partial charge in [-0.15, -0.1) is 0 Å². The highest BCUT2D eigenvalue weighted by Gasteiger charge is 2.59. The van der Waals surface area contributed by atoms with E-state index in [-0.39, 0.29) is 34.9 Å². The molecule has 0 saturated heterocycles. The summed E-state index contributed by atoms with van der Waals surface area (Å²) in [6, 6.07) is 5.62. The van der Waals surface area contributed by atoms with Crippen LogP contribution in [0.2, 0.25) is 10.0 Å². The van der Waals surface area contributed by atoms with Gasteiger partial charge in [-0.05, 0) is 109 Å². The number of aliphatic hydroxyl groups is 1. The third-order valence-corrected chi connectivity index (χ3v) is 12.5. The van der Waals surface area contributed by atoms with Crippen molar-refractivity contribution in [2.24, 2.45) is 40.4 Å². The van der Waals surface area contributed by atoms with Crippen LogP contribution < -0.4 is 0 Å². The smallest absolute Gasteiger partial charge is 0.331 e. The Kier molecular flexibility index (Phi) is 6.61. The second-order valence-corrected chi connectivity index (χ2v) is 14.0. The number of halogens is 2. The van der Waals surface area contributed by atoms with E-state index in [1.807, 2.05) is 12.1 Å². The molecule has 3 nitrogen and oxygen atoms in total. The number of hydrogen-bond donors (Lipinski definition) is 1. The molecule has 1 heterocycles. The molecule has 9 atom stereocenters. The minimum atomic E-state index is -0.269. The van der Waals surface area contributed by atoms with Gasteiger partial charge in [-0.1, -0.05) is 67.8 Å². The number of hydrogen-bond acceptors (Lipinski definition) is 3. The maximum Gasteiger partial charge on any atom is 0.331 e. The molecule has 1 aliphatic heterocycles. The fourth-order valence-electron chi connectivity index (χ4n) is 9.68. The van der Waals surface area contributed by atoms with Crippen molar-refractivity contribution in [3.63, 3.8) is 0 Å². The Morgan fingerprint density at radius 3 is 2.68 bits per heavy atom. The highest BCUT2D eigenvalue weighted by atomic mass is 35.5. The first kappa shape index (κ1) is 26.0. The van der Waals surface area contributed by atoms with E-state index in [1.165, 1.54) is 37.7 Å². The number of ether oxygens (including phenoxy) is 1. The van der Waals surface area contributed by atoms with Crippen molar-refractivity contribution >= 4 is 34.7 Å². The van der Waals surface area contributed by atoms with Crippen LogP contribution in [0.3, 0.4) is 0 Å². The normalized spacial score (nSPS) is 42.1. The van der Waals surface area contributed by atoms with Gasteiger partial charge < -0.3 is 9.84 Å². The van der Waals surface area contributed by atoms with Crippen LogP contribution in [-0.4, -0.2) is 23.3 Å². The zero-order chi connectivity index (χ0) is 26.1. The summed E-state index contributed by atoms with van der Waals surface area (Å²) < 4.78 is 5.99. The van der Waals surface area contributed by atoms with E-state index >= 15 is 0 Å². The lowest BCUT2D eigenvalue weighted by Gasteiger charge is -2.58. The van der Waals surface area contributed by atoms with Crippen molar-refractivity contribution in [1.29, 1.82) is 0 Å². The molecule has 0 unspecified atom stereocenters. The van der Waals surface area contributed by atoms with Gasteiger partial charge in [0.05, 0.1) is 16.1 Å². The van der Waals surface area contributed by atoms with Crippen LogP contribution in [0.15, 0.2) is 35.9 Å². The maximum absolute atomic E-state index is 12.7. The molecule has 0 amide bonds. The zero-order valence-electron chi connectivity index (χ0n) is 22.3. The number of esters is 1. The summed E-state index contributed by atoms with van der Waals surface area (Å²) >= 11 is 12.8. The van der Waals surface area contributed by atoms with Crippen molar-refractivity contribution in [3.8, 4) is 0 Å². The van der Waals surface area contributed by atoms with Crippen LogP contribution in [0.1, 0.15) is 84.1 Å². The van der Waals surface area contributed by atoms with Crippen LogP contribution in [0.5, 0.6) is 0 Å². The molecule has 0 spiro atoms. The van der Waals surface area contributed by atoms with E-state index in [4.69, 9.17) is 27.9 Å². The Balaban J connectivity index is 1.23. The molecule has 0 bridgehead atoms. The number of aliphatic hydroxyl groups excluding tert-OH is 1. The van der Waals surface area contributed by atoms with Crippen LogP contribution in [-0.2, 0) is 9.53 Å². The van der Waals surface area contributed by atoms with E-state index in [0.29, 0.717) is 22.4 Å². The Morgan fingerprint density at radius 2 is 1.86 bits per heavy atom. The minimum absolute atomic E-state index is 0.143.